The fourth-order valence-corrected chi connectivity index (χ4v) is 4.03. The van der Waals surface area contributed by atoms with Gasteiger partial charge in [0, 0.05) is 5.92 Å². The van der Waals surface area contributed by atoms with Crippen LogP contribution in [0.4, 0.5) is 4.79 Å². The summed E-state index contributed by atoms with van der Waals surface area (Å²) in [5, 5.41) is 8.85. The van der Waals surface area contributed by atoms with Crippen LogP contribution in [0.15, 0.2) is 30.9 Å². The molecular formula is C19H24O5. The Morgan fingerprint density at radius 3 is 2.46 bits per heavy atom. The third-order valence-corrected chi connectivity index (χ3v) is 5.03. The fraction of sp³-hybridized carbons (Fsp3) is 0.474. The van der Waals surface area contributed by atoms with Crippen LogP contribution in [0.3, 0.4) is 0 Å². The highest BCUT2D eigenvalue weighted by molar-refractivity contribution is 5.84. The van der Waals surface area contributed by atoms with E-state index in [9.17, 15) is 9.59 Å². The zero-order chi connectivity index (χ0) is 17.9. The first kappa shape index (κ1) is 18.0. The number of hydrogen-bond donors (Lipinski definition) is 1. The van der Waals surface area contributed by atoms with Crippen molar-refractivity contribution in [2.75, 3.05) is 7.11 Å². The average Bonchev–Trinajstić information content (AvgIpc) is 2.57. The maximum absolute atomic E-state index is 12.5. The van der Waals surface area contributed by atoms with E-state index in [1.54, 1.807) is 7.11 Å². The maximum atomic E-state index is 12.5. The van der Waals surface area contributed by atoms with E-state index >= 15 is 0 Å². The number of ether oxygens (including phenoxy) is 2. The number of benzene rings is 1. The molecule has 0 spiro atoms. The second-order valence-electron chi connectivity index (χ2n) is 6.06. The van der Waals surface area contributed by atoms with Gasteiger partial charge in [0.05, 0.1) is 13.0 Å². The summed E-state index contributed by atoms with van der Waals surface area (Å²) in [6.45, 7) is 7.93. The number of methoxy groups -OCH3 is 1. The van der Waals surface area contributed by atoms with Gasteiger partial charge in [0.2, 0.25) is 0 Å². The molecule has 130 valence electrons. The first-order chi connectivity index (χ1) is 11.5. The summed E-state index contributed by atoms with van der Waals surface area (Å²) in [6.07, 6.45) is 1.72. The summed E-state index contributed by atoms with van der Waals surface area (Å²) in [5.41, 5.74) is 2.14. The van der Waals surface area contributed by atoms with E-state index in [1.807, 2.05) is 38.1 Å². The van der Waals surface area contributed by atoms with Crippen molar-refractivity contribution >= 4 is 12.1 Å². The summed E-state index contributed by atoms with van der Waals surface area (Å²) >= 11 is 0. The molecule has 24 heavy (non-hydrogen) atoms. The predicted octanol–water partition coefficient (Wildman–Crippen LogP) is 4.34. The van der Waals surface area contributed by atoms with Crippen LogP contribution >= 0.6 is 0 Å². The molecular weight excluding hydrogens is 308 g/mol. The molecule has 1 N–H and O–H groups in total. The topological polar surface area (TPSA) is 72.8 Å². The molecule has 1 aliphatic rings. The predicted molar refractivity (Wildman–Crippen MR) is 90.4 cm³/mol. The van der Waals surface area contributed by atoms with Crippen LogP contribution < -0.4 is 4.74 Å². The zero-order valence-electron chi connectivity index (χ0n) is 14.3. The van der Waals surface area contributed by atoms with Crippen molar-refractivity contribution in [1.29, 1.82) is 0 Å². The van der Waals surface area contributed by atoms with E-state index in [-0.39, 0.29) is 17.8 Å². The van der Waals surface area contributed by atoms with Gasteiger partial charge in [0.15, 0.2) is 0 Å². The normalized spacial score (nSPS) is 25.5. The van der Waals surface area contributed by atoms with Crippen molar-refractivity contribution in [3.05, 3.63) is 42.0 Å². The SMILES string of the molecule is C=CC1c2ccc(OC)cc2C(CC)C(C(=O)OC(=O)O)C1CC. The average molecular weight is 332 g/mol. The highest BCUT2D eigenvalue weighted by atomic mass is 16.7. The molecule has 1 aliphatic carbocycles. The molecule has 5 heteroatoms. The molecule has 0 aromatic heterocycles. The molecule has 4 unspecified atom stereocenters. The van der Waals surface area contributed by atoms with Gasteiger partial charge in [-0.1, -0.05) is 32.4 Å². The van der Waals surface area contributed by atoms with E-state index < -0.39 is 18.0 Å². The lowest BCUT2D eigenvalue weighted by molar-refractivity contribution is -0.147. The van der Waals surface area contributed by atoms with Crippen molar-refractivity contribution in [2.45, 2.75) is 38.5 Å². The minimum absolute atomic E-state index is 0.0231. The Hall–Kier alpha value is -2.30. The highest BCUT2D eigenvalue weighted by Crippen LogP contribution is 2.50. The van der Waals surface area contributed by atoms with E-state index in [1.165, 1.54) is 0 Å². The van der Waals surface area contributed by atoms with Crippen LogP contribution in [-0.2, 0) is 9.53 Å². The molecule has 1 aromatic rings. The molecule has 5 nitrogen and oxygen atoms in total. The van der Waals surface area contributed by atoms with Gasteiger partial charge in [0.25, 0.3) is 0 Å². The van der Waals surface area contributed by atoms with Gasteiger partial charge in [-0.15, -0.1) is 6.58 Å². The van der Waals surface area contributed by atoms with E-state index in [4.69, 9.17) is 9.84 Å². The zero-order valence-corrected chi connectivity index (χ0v) is 14.3. The molecule has 2 rings (SSSR count). The Labute approximate surface area is 142 Å². The van der Waals surface area contributed by atoms with Crippen LogP contribution in [0.2, 0.25) is 0 Å². The summed E-state index contributed by atoms with van der Waals surface area (Å²) in [5.74, 6) is -0.649. The number of allylic oxidation sites excluding steroid dienone is 1. The molecule has 0 fully saturated rings. The number of rotatable bonds is 5. The number of carboxylic acid groups (broad SMARTS) is 1. The van der Waals surface area contributed by atoms with Crippen molar-refractivity contribution in [3.63, 3.8) is 0 Å². The molecule has 0 heterocycles. The van der Waals surface area contributed by atoms with Crippen molar-refractivity contribution < 1.29 is 24.2 Å². The Bertz CT molecular complexity index is 637. The van der Waals surface area contributed by atoms with E-state index in [2.05, 4.69) is 11.3 Å². The Morgan fingerprint density at radius 2 is 1.96 bits per heavy atom. The number of fused-ring (bicyclic) bond motifs is 1. The van der Waals surface area contributed by atoms with Gasteiger partial charge >= 0.3 is 12.1 Å². The molecule has 0 radical (unpaired) electrons. The van der Waals surface area contributed by atoms with Crippen molar-refractivity contribution in [2.24, 2.45) is 11.8 Å². The Kier molecular flexibility index (Phi) is 5.65. The summed E-state index contributed by atoms with van der Waals surface area (Å²) in [4.78, 5) is 23.4. The van der Waals surface area contributed by atoms with Crippen LogP contribution in [0.25, 0.3) is 0 Å². The van der Waals surface area contributed by atoms with E-state index in [0.717, 1.165) is 23.3 Å². The highest BCUT2D eigenvalue weighted by Gasteiger charge is 2.45. The summed E-state index contributed by atoms with van der Waals surface area (Å²) < 4.78 is 9.85. The molecule has 0 aliphatic heterocycles. The first-order valence-electron chi connectivity index (χ1n) is 8.23. The van der Waals surface area contributed by atoms with Gasteiger partial charge in [-0.05, 0) is 41.5 Å². The molecule has 0 bridgehead atoms. The third kappa shape index (κ3) is 3.16. The van der Waals surface area contributed by atoms with Crippen LogP contribution in [-0.4, -0.2) is 24.3 Å². The Balaban J connectivity index is 2.59. The van der Waals surface area contributed by atoms with E-state index in [0.29, 0.717) is 6.42 Å². The molecule has 0 amide bonds. The minimum atomic E-state index is -1.56. The first-order valence-corrected chi connectivity index (χ1v) is 8.23. The van der Waals surface area contributed by atoms with Gasteiger partial charge in [-0.25, -0.2) is 4.79 Å². The van der Waals surface area contributed by atoms with Crippen LogP contribution in [0.1, 0.15) is 49.7 Å². The lowest BCUT2D eigenvalue weighted by Gasteiger charge is -2.41. The van der Waals surface area contributed by atoms with Crippen LogP contribution in [0, 0.1) is 11.8 Å². The minimum Gasteiger partial charge on any atom is -0.497 e. The lowest BCUT2D eigenvalue weighted by Crippen LogP contribution is -2.39. The second kappa shape index (κ2) is 7.51. The fourth-order valence-electron chi connectivity index (χ4n) is 4.03. The largest absolute Gasteiger partial charge is 0.513 e. The van der Waals surface area contributed by atoms with Gasteiger partial charge in [-0.3, -0.25) is 4.79 Å². The third-order valence-electron chi connectivity index (χ3n) is 5.03. The van der Waals surface area contributed by atoms with Crippen molar-refractivity contribution in [1.82, 2.24) is 0 Å². The lowest BCUT2D eigenvalue weighted by atomic mass is 9.62. The van der Waals surface area contributed by atoms with Gasteiger partial charge in [-0.2, -0.15) is 0 Å². The number of carbonyl (C=O) groups excluding carboxylic acids is 1. The molecule has 0 saturated carbocycles. The monoisotopic (exact) mass is 332 g/mol. The summed E-state index contributed by atoms with van der Waals surface area (Å²) in [6, 6.07) is 5.86. The number of esters is 1. The smallest absolute Gasteiger partial charge is 0.497 e. The number of hydrogen-bond acceptors (Lipinski definition) is 4. The number of carbonyl (C=O) groups is 2. The quantitative estimate of drug-likeness (QED) is 0.493. The summed E-state index contributed by atoms with van der Waals surface area (Å²) in [7, 11) is 1.60. The molecule has 4 atom stereocenters. The standard InChI is InChI=1S/C19H24O5/c1-5-12-13(6-2)17(18(20)24-19(21)22)14(7-3)16-10-11(23-4)8-9-15(12)16/h5,8-10,12-14,17H,1,6-7H2,2-4H3,(H,21,22). The van der Waals surface area contributed by atoms with Gasteiger partial charge in [0.1, 0.15) is 5.75 Å². The Morgan fingerprint density at radius 1 is 1.25 bits per heavy atom. The second-order valence-corrected chi connectivity index (χ2v) is 6.06. The van der Waals surface area contributed by atoms with Crippen molar-refractivity contribution in [3.8, 4) is 5.75 Å². The maximum Gasteiger partial charge on any atom is 0.513 e. The molecule has 0 saturated heterocycles. The van der Waals surface area contributed by atoms with Crippen LogP contribution in [0.5, 0.6) is 5.75 Å². The molecule has 1 aromatic carbocycles. The van der Waals surface area contributed by atoms with Gasteiger partial charge < -0.3 is 14.6 Å².